The van der Waals surface area contributed by atoms with Crippen LogP contribution < -0.4 is 5.32 Å². The van der Waals surface area contributed by atoms with Crippen molar-refractivity contribution in [3.8, 4) is 0 Å². The van der Waals surface area contributed by atoms with Crippen molar-refractivity contribution < 1.29 is 9.59 Å². The molecule has 0 aliphatic carbocycles. The third-order valence-electron chi connectivity index (χ3n) is 4.40. The molecule has 26 heavy (non-hydrogen) atoms. The fourth-order valence-electron chi connectivity index (χ4n) is 3.05. The molecule has 0 spiro atoms. The van der Waals surface area contributed by atoms with Gasteiger partial charge in [0.2, 0.25) is 5.91 Å². The van der Waals surface area contributed by atoms with E-state index in [1.165, 1.54) is 6.20 Å². The van der Waals surface area contributed by atoms with Gasteiger partial charge in [0.15, 0.2) is 0 Å². The van der Waals surface area contributed by atoms with Gasteiger partial charge in [-0.1, -0.05) is 23.7 Å². The van der Waals surface area contributed by atoms with Crippen LogP contribution in [0.15, 0.2) is 47.2 Å². The van der Waals surface area contributed by atoms with Crippen LogP contribution in [-0.4, -0.2) is 34.3 Å². The minimum atomic E-state index is -0.456. The number of benzene rings is 1. The van der Waals surface area contributed by atoms with Crippen LogP contribution in [0.2, 0.25) is 5.02 Å². The fourth-order valence-corrected chi connectivity index (χ4v) is 3.54. The first-order valence-corrected chi connectivity index (χ1v) is 9.65. The summed E-state index contributed by atoms with van der Waals surface area (Å²) in [7, 11) is 0. The van der Waals surface area contributed by atoms with Crippen LogP contribution in [0.1, 0.15) is 35.2 Å². The minimum Gasteiger partial charge on any atom is -0.350 e. The van der Waals surface area contributed by atoms with Crippen molar-refractivity contribution >= 4 is 39.3 Å². The Labute approximate surface area is 165 Å². The molecule has 1 aliphatic rings. The van der Waals surface area contributed by atoms with Gasteiger partial charge in [0.05, 0.1) is 5.56 Å². The highest BCUT2D eigenvalue weighted by Gasteiger charge is 2.32. The summed E-state index contributed by atoms with van der Waals surface area (Å²) >= 11 is 9.21. The van der Waals surface area contributed by atoms with Gasteiger partial charge < -0.3 is 10.2 Å². The van der Waals surface area contributed by atoms with Gasteiger partial charge in [0.1, 0.15) is 6.04 Å². The van der Waals surface area contributed by atoms with Gasteiger partial charge in [-0.3, -0.25) is 14.6 Å². The van der Waals surface area contributed by atoms with E-state index in [0.717, 1.165) is 22.9 Å². The van der Waals surface area contributed by atoms with Crippen molar-refractivity contribution in [2.45, 2.75) is 31.8 Å². The molecule has 1 aromatic heterocycles. The van der Waals surface area contributed by atoms with Gasteiger partial charge in [0, 0.05) is 35.0 Å². The molecule has 1 aliphatic heterocycles. The highest BCUT2D eigenvalue weighted by atomic mass is 79.9. The fraction of sp³-hybridized carbons (Fsp3) is 0.316. The van der Waals surface area contributed by atoms with Crippen LogP contribution in [0.25, 0.3) is 0 Å². The lowest BCUT2D eigenvalue weighted by atomic mass is 10.00. The van der Waals surface area contributed by atoms with Gasteiger partial charge in [-0.25, -0.2) is 0 Å². The molecule has 7 heteroatoms. The predicted octanol–water partition coefficient (Wildman–Crippen LogP) is 3.81. The van der Waals surface area contributed by atoms with E-state index in [2.05, 4.69) is 26.2 Å². The lowest BCUT2D eigenvalue weighted by Crippen LogP contribution is -2.51. The monoisotopic (exact) mass is 435 g/mol. The summed E-state index contributed by atoms with van der Waals surface area (Å²) in [6.07, 6.45) is 5.65. The lowest BCUT2D eigenvalue weighted by Gasteiger charge is -2.34. The Morgan fingerprint density at radius 2 is 2.00 bits per heavy atom. The van der Waals surface area contributed by atoms with E-state index < -0.39 is 6.04 Å². The topological polar surface area (TPSA) is 62.3 Å². The van der Waals surface area contributed by atoms with E-state index >= 15 is 0 Å². The second-order valence-corrected chi connectivity index (χ2v) is 7.60. The molecule has 0 radical (unpaired) electrons. The van der Waals surface area contributed by atoms with Gasteiger partial charge in [-0.15, -0.1) is 0 Å². The Balaban J connectivity index is 1.68. The molecule has 2 heterocycles. The minimum absolute atomic E-state index is 0.129. The van der Waals surface area contributed by atoms with Crippen LogP contribution >= 0.6 is 27.5 Å². The summed E-state index contributed by atoms with van der Waals surface area (Å²) in [5.41, 5.74) is 1.45. The number of pyridine rings is 1. The van der Waals surface area contributed by atoms with Gasteiger partial charge in [-0.05, 0) is 59.0 Å². The normalized spacial score (nSPS) is 17.0. The third kappa shape index (κ3) is 4.62. The Morgan fingerprint density at radius 1 is 1.23 bits per heavy atom. The molecular formula is C19H19BrClN3O2. The van der Waals surface area contributed by atoms with E-state index in [1.807, 2.05) is 12.1 Å². The Bertz CT molecular complexity index is 798. The first kappa shape index (κ1) is 18.9. The van der Waals surface area contributed by atoms with Crippen molar-refractivity contribution in [3.63, 3.8) is 0 Å². The zero-order valence-corrected chi connectivity index (χ0v) is 16.5. The average molecular weight is 437 g/mol. The molecule has 1 saturated heterocycles. The van der Waals surface area contributed by atoms with Crippen molar-refractivity contribution in [1.29, 1.82) is 0 Å². The maximum absolute atomic E-state index is 12.8. The standard InChI is InChI=1S/C19H19BrClN3O2/c20-15-9-14(11-22-12-15)19(26)24-8-2-1-3-17(24)18(25)23-10-13-4-6-16(21)7-5-13/h4-7,9,11-12,17H,1-3,8,10H2,(H,23,25). The Hall–Kier alpha value is -1.92. The third-order valence-corrected chi connectivity index (χ3v) is 5.08. The summed E-state index contributed by atoms with van der Waals surface area (Å²) in [5, 5.41) is 3.59. The number of likely N-dealkylation sites (tertiary alicyclic amines) is 1. The quantitative estimate of drug-likeness (QED) is 0.793. The maximum Gasteiger partial charge on any atom is 0.256 e. The smallest absolute Gasteiger partial charge is 0.256 e. The number of piperidine rings is 1. The highest BCUT2D eigenvalue weighted by Crippen LogP contribution is 2.21. The number of aromatic nitrogens is 1. The van der Waals surface area contributed by atoms with Gasteiger partial charge in [0.25, 0.3) is 5.91 Å². The summed E-state index contributed by atoms with van der Waals surface area (Å²) in [6.45, 7) is 0.983. The molecule has 0 bridgehead atoms. The van der Waals surface area contributed by atoms with Crippen molar-refractivity contribution in [2.24, 2.45) is 0 Å². The molecule has 0 saturated carbocycles. The van der Waals surface area contributed by atoms with Crippen molar-refractivity contribution in [3.05, 3.63) is 63.3 Å². The largest absolute Gasteiger partial charge is 0.350 e. The number of nitrogens with one attached hydrogen (secondary N) is 1. The Kier molecular flexibility index (Phi) is 6.27. The summed E-state index contributed by atoms with van der Waals surface area (Å²) < 4.78 is 0.740. The molecule has 1 aromatic carbocycles. The van der Waals surface area contributed by atoms with Gasteiger partial charge in [-0.2, -0.15) is 0 Å². The molecule has 3 rings (SSSR count). The van der Waals surface area contributed by atoms with E-state index in [1.54, 1.807) is 29.3 Å². The average Bonchev–Trinajstić information content (AvgIpc) is 2.67. The number of carbonyl (C=O) groups is 2. The van der Waals surface area contributed by atoms with Gasteiger partial charge >= 0.3 is 0 Å². The predicted molar refractivity (Wildman–Crippen MR) is 104 cm³/mol. The molecule has 1 unspecified atom stereocenters. The lowest BCUT2D eigenvalue weighted by molar-refractivity contribution is -0.126. The number of nitrogens with zero attached hydrogens (tertiary/aromatic N) is 2. The van der Waals surface area contributed by atoms with E-state index in [9.17, 15) is 9.59 Å². The maximum atomic E-state index is 12.8. The van der Waals surface area contributed by atoms with Crippen LogP contribution in [0, 0.1) is 0 Å². The summed E-state index contributed by atoms with van der Waals surface area (Å²) in [4.78, 5) is 31.2. The molecule has 5 nitrogen and oxygen atoms in total. The first-order valence-electron chi connectivity index (χ1n) is 8.48. The second-order valence-electron chi connectivity index (χ2n) is 6.25. The number of rotatable bonds is 4. The van der Waals surface area contributed by atoms with E-state index in [0.29, 0.717) is 30.1 Å². The van der Waals surface area contributed by atoms with Crippen LogP contribution in [-0.2, 0) is 11.3 Å². The van der Waals surface area contributed by atoms with Crippen molar-refractivity contribution in [2.75, 3.05) is 6.54 Å². The number of carbonyl (C=O) groups excluding carboxylic acids is 2. The molecular weight excluding hydrogens is 418 g/mol. The van der Waals surface area contributed by atoms with Crippen LogP contribution in [0.3, 0.4) is 0 Å². The molecule has 2 amide bonds. The van der Waals surface area contributed by atoms with E-state index in [4.69, 9.17) is 11.6 Å². The molecule has 1 fully saturated rings. The number of amides is 2. The zero-order chi connectivity index (χ0) is 18.5. The molecule has 1 N–H and O–H groups in total. The summed E-state index contributed by atoms with van der Waals surface area (Å²) in [5.74, 6) is -0.291. The van der Waals surface area contributed by atoms with E-state index in [-0.39, 0.29) is 11.8 Å². The zero-order valence-electron chi connectivity index (χ0n) is 14.1. The van der Waals surface area contributed by atoms with Crippen molar-refractivity contribution in [1.82, 2.24) is 15.2 Å². The molecule has 2 aromatic rings. The SMILES string of the molecule is O=C(NCc1ccc(Cl)cc1)C1CCCCN1C(=O)c1cncc(Br)c1. The second kappa shape index (κ2) is 8.64. The molecule has 1 atom stereocenters. The van der Waals surface area contributed by atoms with Crippen LogP contribution in [0.4, 0.5) is 0 Å². The Morgan fingerprint density at radius 3 is 2.73 bits per heavy atom. The molecule has 136 valence electrons. The first-order chi connectivity index (χ1) is 12.5. The number of hydrogen-bond donors (Lipinski definition) is 1. The number of hydrogen-bond acceptors (Lipinski definition) is 3. The number of halogens is 2. The summed E-state index contributed by atoms with van der Waals surface area (Å²) in [6, 6.07) is 8.60. The van der Waals surface area contributed by atoms with Crippen LogP contribution in [0.5, 0.6) is 0 Å². The highest BCUT2D eigenvalue weighted by molar-refractivity contribution is 9.10.